The number of rotatable bonds is 8. The van der Waals surface area contributed by atoms with Gasteiger partial charge in [0.2, 0.25) is 0 Å². The second-order valence-corrected chi connectivity index (χ2v) is 7.63. The normalized spacial score (nSPS) is 20.0. The quantitative estimate of drug-likeness (QED) is 0.464. The number of benzene rings is 2. The molecule has 2 heterocycles. The lowest BCUT2D eigenvalue weighted by molar-refractivity contribution is -0.148. The Kier molecular flexibility index (Phi) is 6.43. The van der Waals surface area contributed by atoms with Crippen molar-refractivity contribution in [3.63, 3.8) is 0 Å². The van der Waals surface area contributed by atoms with E-state index in [9.17, 15) is 14.7 Å². The van der Waals surface area contributed by atoms with Crippen molar-refractivity contribution in [1.29, 1.82) is 0 Å². The van der Waals surface area contributed by atoms with Crippen LogP contribution in [0.4, 0.5) is 0 Å². The first-order valence-electron chi connectivity index (χ1n) is 10.5. The van der Waals surface area contributed by atoms with Gasteiger partial charge in [-0.25, -0.2) is 0 Å². The van der Waals surface area contributed by atoms with Crippen LogP contribution >= 0.6 is 0 Å². The van der Waals surface area contributed by atoms with Crippen LogP contribution in [0, 0.1) is 0 Å². The Bertz CT molecular complexity index is 1110. The molecule has 32 heavy (non-hydrogen) atoms. The van der Waals surface area contributed by atoms with Crippen molar-refractivity contribution >= 4 is 22.8 Å². The van der Waals surface area contributed by atoms with Crippen LogP contribution in [0.1, 0.15) is 35.7 Å². The number of carbonyl (C=O) groups excluding carboxylic acids is 1. The Hall–Kier alpha value is -3.36. The van der Waals surface area contributed by atoms with Crippen LogP contribution in [0.2, 0.25) is 0 Å². The van der Waals surface area contributed by atoms with E-state index in [0.717, 1.165) is 16.5 Å². The molecule has 1 aliphatic rings. The fourth-order valence-electron chi connectivity index (χ4n) is 4.29. The van der Waals surface area contributed by atoms with Crippen LogP contribution < -0.4 is 10.1 Å². The average Bonchev–Trinajstić information content (AvgIpc) is 3.18. The lowest BCUT2D eigenvalue weighted by Crippen LogP contribution is -2.51. The number of hydrogen-bond donors (Lipinski definition) is 3. The summed E-state index contributed by atoms with van der Waals surface area (Å²) in [6.07, 6.45) is 0. The second kappa shape index (κ2) is 9.42. The van der Waals surface area contributed by atoms with E-state index in [-0.39, 0.29) is 13.2 Å². The molecular weight excluding hydrogens is 412 g/mol. The summed E-state index contributed by atoms with van der Waals surface area (Å²) in [6.45, 7) is 2.47. The predicted molar refractivity (Wildman–Crippen MR) is 118 cm³/mol. The van der Waals surface area contributed by atoms with Crippen LogP contribution in [0.25, 0.3) is 10.9 Å². The maximum atomic E-state index is 12.7. The van der Waals surface area contributed by atoms with Gasteiger partial charge in [-0.1, -0.05) is 36.4 Å². The van der Waals surface area contributed by atoms with Crippen LogP contribution in [-0.2, 0) is 25.7 Å². The minimum absolute atomic E-state index is 0.195. The monoisotopic (exact) mass is 438 g/mol. The van der Waals surface area contributed by atoms with Gasteiger partial charge in [0.1, 0.15) is 24.4 Å². The number of aromatic amines is 1. The third-order valence-corrected chi connectivity index (χ3v) is 5.63. The fourth-order valence-corrected chi connectivity index (χ4v) is 4.29. The third-order valence-electron chi connectivity index (χ3n) is 5.63. The number of hydrogen-bond acceptors (Lipinski definition) is 6. The van der Waals surface area contributed by atoms with Gasteiger partial charge in [-0.2, -0.15) is 0 Å². The van der Waals surface area contributed by atoms with E-state index in [0.29, 0.717) is 23.6 Å². The Morgan fingerprint density at radius 3 is 2.56 bits per heavy atom. The molecule has 168 valence electrons. The maximum Gasteiger partial charge on any atom is 0.326 e. The highest BCUT2D eigenvalue weighted by atomic mass is 16.5. The van der Waals surface area contributed by atoms with Gasteiger partial charge in [0.05, 0.1) is 13.2 Å². The molecule has 2 aromatic carbocycles. The summed E-state index contributed by atoms with van der Waals surface area (Å²) in [4.78, 5) is 28.1. The molecule has 0 aliphatic carbocycles. The molecule has 0 saturated heterocycles. The second-order valence-electron chi connectivity index (χ2n) is 7.63. The van der Waals surface area contributed by atoms with Crippen molar-refractivity contribution in [2.75, 3.05) is 20.3 Å². The van der Waals surface area contributed by atoms with Gasteiger partial charge in [0.15, 0.2) is 0 Å². The first-order valence-corrected chi connectivity index (χ1v) is 10.5. The molecule has 0 saturated carbocycles. The van der Waals surface area contributed by atoms with Gasteiger partial charge in [0, 0.05) is 29.6 Å². The number of carbonyl (C=O) groups is 2. The minimum atomic E-state index is -1.10. The lowest BCUT2D eigenvalue weighted by Gasteiger charge is -2.34. The Morgan fingerprint density at radius 1 is 1.09 bits per heavy atom. The molecule has 3 atom stereocenters. The summed E-state index contributed by atoms with van der Waals surface area (Å²) in [5, 5.41) is 13.6. The van der Waals surface area contributed by atoms with Crippen LogP contribution in [0.5, 0.6) is 5.75 Å². The number of aliphatic carboxylic acids is 1. The third kappa shape index (κ3) is 4.06. The highest BCUT2D eigenvalue weighted by Gasteiger charge is 2.44. The number of aromatic nitrogens is 1. The van der Waals surface area contributed by atoms with Crippen molar-refractivity contribution in [2.24, 2.45) is 0 Å². The fraction of sp³-hybridized carbons (Fsp3) is 0.333. The van der Waals surface area contributed by atoms with Gasteiger partial charge >= 0.3 is 11.9 Å². The van der Waals surface area contributed by atoms with Crippen LogP contribution in [0.15, 0.2) is 48.5 Å². The molecule has 0 radical (unpaired) electrons. The van der Waals surface area contributed by atoms with E-state index < -0.39 is 29.9 Å². The number of ether oxygens (including phenoxy) is 3. The molecule has 0 amide bonds. The molecule has 0 fully saturated rings. The summed E-state index contributed by atoms with van der Waals surface area (Å²) >= 11 is 0. The van der Waals surface area contributed by atoms with Gasteiger partial charge < -0.3 is 24.3 Å². The van der Waals surface area contributed by atoms with E-state index in [4.69, 9.17) is 14.2 Å². The number of carboxylic acid groups (broad SMARTS) is 1. The van der Waals surface area contributed by atoms with Crippen molar-refractivity contribution in [3.05, 3.63) is 65.4 Å². The highest BCUT2D eigenvalue weighted by Crippen LogP contribution is 2.43. The summed E-state index contributed by atoms with van der Waals surface area (Å²) in [5.41, 5.74) is 2.94. The number of methoxy groups -OCH3 is 1. The molecule has 8 nitrogen and oxygen atoms in total. The number of nitrogens with one attached hydrogen (secondary N) is 2. The number of esters is 1. The van der Waals surface area contributed by atoms with Crippen LogP contribution in [-0.4, -0.2) is 48.4 Å². The molecule has 0 spiro atoms. The molecule has 1 aromatic heterocycles. The zero-order valence-corrected chi connectivity index (χ0v) is 18.0. The molecule has 1 aliphatic heterocycles. The van der Waals surface area contributed by atoms with E-state index in [1.165, 1.54) is 0 Å². The molecule has 3 aromatic rings. The van der Waals surface area contributed by atoms with E-state index in [1.54, 1.807) is 14.0 Å². The van der Waals surface area contributed by atoms with Gasteiger partial charge in [-0.15, -0.1) is 0 Å². The Balaban J connectivity index is 1.83. The van der Waals surface area contributed by atoms with E-state index in [1.807, 2.05) is 48.5 Å². The van der Waals surface area contributed by atoms with E-state index >= 15 is 0 Å². The maximum absolute atomic E-state index is 12.7. The molecular formula is C24H26N2O6. The van der Waals surface area contributed by atoms with Crippen molar-refractivity contribution in [3.8, 4) is 5.75 Å². The smallest absolute Gasteiger partial charge is 0.326 e. The topological polar surface area (TPSA) is 110 Å². The predicted octanol–water partition coefficient (Wildman–Crippen LogP) is 3.14. The molecule has 4 rings (SSSR count). The molecule has 0 bridgehead atoms. The van der Waals surface area contributed by atoms with E-state index in [2.05, 4.69) is 10.3 Å². The van der Waals surface area contributed by atoms with Gasteiger partial charge in [-0.3, -0.25) is 14.9 Å². The summed E-state index contributed by atoms with van der Waals surface area (Å²) in [6, 6.07) is 13.4. The van der Waals surface area contributed by atoms with Gasteiger partial charge in [0.25, 0.3) is 0 Å². The standard InChI is InChI=1S/C24H26N2O6/c1-3-31-24(29)20-15(13-30-2)18-19-16(25-21(18)22(26-20)23(27)28)10-7-11-17(19)32-12-14-8-5-4-6-9-14/h4-11,15,20,22,25-26H,3,12-13H2,1-2H3,(H,27,28). The lowest BCUT2D eigenvalue weighted by atomic mass is 9.83. The first kappa shape index (κ1) is 21.9. The zero-order chi connectivity index (χ0) is 22.7. The van der Waals surface area contributed by atoms with Gasteiger partial charge in [-0.05, 0) is 30.2 Å². The number of carboxylic acids is 1. The Morgan fingerprint density at radius 2 is 1.88 bits per heavy atom. The average molecular weight is 438 g/mol. The van der Waals surface area contributed by atoms with Crippen LogP contribution in [0.3, 0.4) is 0 Å². The largest absolute Gasteiger partial charge is 0.488 e. The van der Waals surface area contributed by atoms with Crippen molar-refractivity contribution in [2.45, 2.75) is 31.5 Å². The molecule has 8 heteroatoms. The number of H-pyrrole nitrogens is 1. The first-order chi connectivity index (χ1) is 15.5. The molecule has 3 N–H and O–H groups in total. The zero-order valence-electron chi connectivity index (χ0n) is 18.0. The highest BCUT2D eigenvalue weighted by molar-refractivity contribution is 5.95. The van der Waals surface area contributed by atoms with Crippen molar-refractivity contribution in [1.82, 2.24) is 10.3 Å². The summed E-state index contributed by atoms with van der Waals surface area (Å²) in [7, 11) is 1.55. The SMILES string of the molecule is CCOC(=O)C1NC(C(=O)O)c2[nH]c3cccc(OCc4ccccc4)c3c2C1COC. The molecule has 3 unspecified atom stereocenters. The van der Waals surface area contributed by atoms with Crippen molar-refractivity contribution < 1.29 is 28.9 Å². The summed E-state index contributed by atoms with van der Waals surface area (Å²) < 4.78 is 16.8. The Labute approximate surface area is 185 Å². The summed E-state index contributed by atoms with van der Waals surface area (Å²) in [5.74, 6) is -1.45. The minimum Gasteiger partial charge on any atom is -0.488 e. The number of fused-ring (bicyclic) bond motifs is 3.